The highest BCUT2D eigenvalue weighted by molar-refractivity contribution is 5.71. The molecular weight excluding hydrogens is 180 g/mol. The lowest BCUT2D eigenvalue weighted by Gasteiger charge is -2.28. The van der Waals surface area contributed by atoms with Crippen LogP contribution in [0, 0.1) is 17.8 Å². The molecule has 3 heteroatoms. The van der Waals surface area contributed by atoms with Crippen LogP contribution in [0.15, 0.2) is 0 Å². The van der Waals surface area contributed by atoms with E-state index in [4.69, 9.17) is 5.11 Å². The Morgan fingerprint density at radius 2 is 1.64 bits per heavy atom. The third-order valence-electron chi connectivity index (χ3n) is 2.90. The van der Waals surface area contributed by atoms with Crippen molar-refractivity contribution < 1.29 is 15.0 Å². The van der Waals surface area contributed by atoms with Gasteiger partial charge in [0.25, 0.3) is 0 Å². The Hall–Kier alpha value is -0.570. The van der Waals surface area contributed by atoms with E-state index in [0.717, 1.165) is 12.8 Å². The van der Waals surface area contributed by atoms with Gasteiger partial charge >= 0.3 is 5.97 Å². The van der Waals surface area contributed by atoms with Gasteiger partial charge in [0, 0.05) is 0 Å². The maximum atomic E-state index is 11.0. The molecule has 0 aromatic carbocycles. The van der Waals surface area contributed by atoms with Crippen molar-refractivity contribution in [3.05, 3.63) is 0 Å². The Morgan fingerprint density at radius 1 is 1.21 bits per heavy atom. The summed E-state index contributed by atoms with van der Waals surface area (Å²) in [5.74, 6) is -1.46. The fraction of sp³-hybridized carbons (Fsp3) is 0.909. The van der Waals surface area contributed by atoms with Crippen molar-refractivity contribution in [2.45, 2.75) is 46.6 Å². The Balaban J connectivity index is 4.57. The average molecular weight is 202 g/mol. The van der Waals surface area contributed by atoms with Crippen molar-refractivity contribution in [3.63, 3.8) is 0 Å². The molecule has 0 aliphatic rings. The molecule has 0 rings (SSSR count). The van der Waals surface area contributed by atoms with Gasteiger partial charge in [-0.3, -0.25) is 4.79 Å². The van der Waals surface area contributed by atoms with Crippen molar-refractivity contribution in [2.24, 2.45) is 17.8 Å². The van der Waals surface area contributed by atoms with Crippen molar-refractivity contribution in [1.82, 2.24) is 0 Å². The minimum atomic E-state index is -0.889. The minimum absolute atomic E-state index is 0.0249. The predicted octanol–water partition coefficient (Wildman–Crippen LogP) is 2.14. The quantitative estimate of drug-likeness (QED) is 0.693. The first-order chi connectivity index (χ1) is 6.45. The number of hydrogen-bond donors (Lipinski definition) is 2. The third-order valence-corrected chi connectivity index (χ3v) is 2.90. The zero-order chi connectivity index (χ0) is 11.3. The molecule has 0 heterocycles. The van der Waals surface area contributed by atoms with E-state index in [2.05, 4.69) is 0 Å². The SMILES string of the molecule is CCC(CC)C(O)C(C(=O)O)C(C)C. The lowest BCUT2D eigenvalue weighted by molar-refractivity contribution is -0.149. The van der Waals surface area contributed by atoms with Gasteiger partial charge in [-0.1, -0.05) is 40.5 Å². The first-order valence-electron chi connectivity index (χ1n) is 5.36. The summed E-state index contributed by atoms with van der Waals surface area (Å²) in [4.78, 5) is 11.0. The van der Waals surface area contributed by atoms with E-state index in [1.165, 1.54) is 0 Å². The van der Waals surface area contributed by atoms with E-state index < -0.39 is 18.0 Å². The highest BCUT2D eigenvalue weighted by Crippen LogP contribution is 2.25. The van der Waals surface area contributed by atoms with Gasteiger partial charge in [0.15, 0.2) is 0 Å². The topological polar surface area (TPSA) is 57.5 Å². The number of carbonyl (C=O) groups is 1. The van der Waals surface area contributed by atoms with E-state index in [1.807, 2.05) is 27.7 Å². The Labute approximate surface area is 86.1 Å². The molecule has 0 aliphatic carbocycles. The second-order valence-electron chi connectivity index (χ2n) is 4.18. The smallest absolute Gasteiger partial charge is 0.309 e. The second kappa shape index (κ2) is 6.02. The summed E-state index contributed by atoms with van der Waals surface area (Å²) in [5.41, 5.74) is 0. The Kier molecular flexibility index (Phi) is 5.77. The molecule has 0 bridgehead atoms. The second-order valence-corrected chi connectivity index (χ2v) is 4.18. The monoisotopic (exact) mass is 202 g/mol. The summed E-state index contributed by atoms with van der Waals surface area (Å²) < 4.78 is 0. The molecule has 0 aliphatic heterocycles. The van der Waals surface area contributed by atoms with Crippen LogP contribution >= 0.6 is 0 Å². The number of aliphatic carboxylic acids is 1. The summed E-state index contributed by atoms with van der Waals surface area (Å²) in [6.45, 7) is 7.64. The molecule has 84 valence electrons. The van der Waals surface area contributed by atoms with Crippen LogP contribution in [0.25, 0.3) is 0 Å². The summed E-state index contributed by atoms with van der Waals surface area (Å²) in [7, 11) is 0. The molecule has 0 radical (unpaired) electrons. The van der Waals surface area contributed by atoms with Crippen LogP contribution in [-0.2, 0) is 4.79 Å². The van der Waals surface area contributed by atoms with Gasteiger partial charge in [-0.2, -0.15) is 0 Å². The van der Waals surface area contributed by atoms with E-state index in [0.29, 0.717) is 0 Å². The first kappa shape index (κ1) is 13.4. The average Bonchev–Trinajstić information content (AvgIpc) is 2.04. The molecule has 0 aromatic heterocycles. The summed E-state index contributed by atoms with van der Waals surface area (Å²) >= 11 is 0. The number of rotatable bonds is 6. The summed E-state index contributed by atoms with van der Waals surface area (Å²) in [6, 6.07) is 0. The van der Waals surface area contributed by atoms with Crippen LogP contribution < -0.4 is 0 Å². The standard InChI is InChI=1S/C11H22O3/c1-5-8(6-2)10(12)9(7(3)4)11(13)14/h7-10,12H,5-6H2,1-4H3,(H,13,14). The van der Waals surface area contributed by atoms with Crippen molar-refractivity contribution in [3.8, 4) is 0 Å². The molecular formula is C11H22O3. The number of aliphatic hydroxyl groups is 1. The Bertz CT molecular complexity index is 173. The molecule has 0 aromatic rings. The van der Waals surface area contributed by atoms with Gasteiger partial charge in [-0.05, 0) is 11.8 Å². The highest BCUT2D eigenvalue weighted by Gasteiger charge is 2.33. The lowest BCUT2D eigenvalue weighted by Crippen LogP contribution is -2.37. The molecule has 0 amide bonds. The van der Waals surface area contributed by atoms with Crippen LogP contribution in [0.5, 0.6) is 0 Å². The largest absolute Gasteiger partial charge is 0.481 e. The normalized spacial score (nSPS) is 15.9. The van der Waals surface area contributed by atoms with Crippen molar-refractivity contribution in [2.75, 3.05) is 0 Å². The zero-order valence-corrected chi connectivity index (χ0v) is 9.53. The van der Waals surface area contributed by atoms with Crippen LogP contribution in [0.2, 0.25) is 0 Å². The number of hydrogen-bond acceptors (Lipinski definition) is 2. The fourth-order valence-corrected chi connectivity index (χ4v) is 1.89. The number of carboxylic acids is 1. The minimum Gasteiger partial charge on any atom is -0.481 e. The number of carboxylic acid groups (broad SMARTS) is 1. The van der Waals surface area contributed by atoms with E-state index >= 15 is 0 Å². The number of aliphatic hydroxyl groups excluding tert-OH is 1. The zero-order valence-electron chi connectivity index (χ0n) is 9.53. The maximum Gasteiger partial charge on any atom is 0.309 e. The van der Waals surface area contributed by atoms with E-state index in [1.54, 1.807) is 0 Å². The van der Waals surface area contributed by atoms with Crippen molar-refractivity contribution >= 4 is 5.97 Å². The molecule has 0 fully saturated rings. The Morgan fingerprint density at radius 3 is 1.86 bits per heavy atom. The van der Waals surface area contributed by atoms with E-state index in [-0.39, 0.29) is 11.8 Å². The van der Waals surface area contributed by atoms with Crippen LogP contribution in [0.3, 0.4) is 0 Å². The van der Waals surface area contributed by atoms with Gasteiger partial charge in [-0.15, -0.1) is 0 Å². The van der Waals surface area contributed by atoms with Gasteiger partial charge in [0.2, 0.25) is 0 Å². The first-order valence-corrected chi connectivity index (χ1v) is 5.36. The summed E-state index contributed by atoms with van der Waals surface area (Å²) in [5, 5.41) is 18.9. The summed E-state index contributed by atoms with van der Waals surface area (Å²) in [6.07, 6.45) is 0.935. The molecule has 0 saturated heterocycles. The molecule has 2 unspecified atom stereocenters. The van der Waals surface area contributed by atoms with Gasteiger partial charge in [-0.25, -0.2) is 0 Å². The maximum absolute atomic E-state index is 11.0. The van der Waals surface area contributed by atoms with E-state index in [9.17, 15) is 9.90 Å². The van der Waals surface area contributed by atoms with Crippen molar-refractivity contribution in [1.29, 1.82) is 0 Å². The fourth-order valence-electron chi connectivity index (χ4n) is 1.89. The molecule has 0 saturated carbocycles. The predicted molar refractivity (Wildman–Crippen MR) is 56.0 cm³/mol. The van der Waals surface area contributed by atoms with Crippen LogP contribution in [0.1, 0.15) is 40.5 Å². The highest BCUT2D eigenvalue weighted by atomic mass is 16.4. The van der Waals surface area contributed by atoms with Crippen LogP contribution in [0.4, 0.5) is 0 Å². The lowest BCUT2D eigenvalue weighted by atomic mass is 9.81. The molecule has 14 heavy (non-hydrogen) atoms. The van der Waals surface area contributed by atoms with Gasteiger partial charge < -0.3 is 10.2 Å². The molecule has 2 N–H and O–H groups in total. The molecule has 0 spiro atoms. The van der Waals surface area contributed by atoms with Gasteiger partial charge in [0.1, 0.15) is 0 Å². The molecule has 3 nitrogen and oxygen atoms in total. The van der Waals surface area contributed by atoms with Crippen LogP contribution in [-0.4, -0.2) is 22.3 Å². The third kappa shape index (κ3) is 3.29. The molecule has 2 atom stereocenters. The van der Waals surface area contributed by atoms with Gasteiger partial charge in [0.05, 0.1) is 12.0 Å².